The maximum absolute atomic E-state index is 11.4. The summed E-state index contributed by atoms with van der Waals surface area (Å²) in [6, 6.07) is 1.51. The van der Waals surface area contributed by atoms with Crippen LogP contribution in [0.25, 0.3) is 0 Å². The molecule has 0 aromatic heterocycles. The number of nitrogen functional groups attached to an aromatic ring is 2. The summed E-state index contributed by atoms with van der Waals surface area (Å²) in [5.41, 5.74) is 1.56. The molecular formula is C7H8N6O5. The Morgan fingerprint density at radius 2 is 1.78 bits per heavy atom. The number of non-ortho nitro benzene ring substituents is 1. The van der Waals surface area contributed by atoms with E-state index >= 15 is 0 Å². The molecule has 0 aliphatic rings. The number of nitrogens with zero attached hydrogens (tertiary/aromatic N) is 2. The molecule has 1 amide bonds. The zero-order valence-corrected chi connectivity index (χ0v) is 8.75. The van der Waals surface area contributed by atoms with Gasteiger partial charge in [-0.05, 0) is 0 Å². The van der Waals surface area contributed by atoms with Gasteiger partial charge in [0.2, 0.25) is 0 Å². The van der Waals surface area contributed by atoms with Crippen LogP contribution in [0.2, 0.25) is 0 Å². The van der Waals surface area contributed by atoms with E-state index in [9.17, 15) is 25.0 Å². The number of rotatable bonds is 4. The number of nitro benzene ring substituents is 2. The molecule has 18 heavy (non-hydrogen) atoms. The van der Waals surface area contributed by atoms with Crippen LogP contribution in [0.1, 0.15) is 10.4 Å². The fourth-order valence-corrected chi connectivity index (χ4v) is 1.27. The second kappa shape index (κ2) is 5.03. The van der Waals surface area contributed by atoms with Gasteiger partial charge in [0.15, 0.2) is 0 Å². The van der Waals surface area contributed by atoms with Crippen LogP contribution < -0.4 is 22.5 Å². The normalized spacial score (nSPS) is 9.67. The molecule has 1 aromatic carbocycles. The molecule has 0 radical (unpaired) electrons. The highest BCUT2D eigenvalue weighted by Crippen LogP contribution is 2.32. The van der Waals surface area contributed by atoms with E-state index in [4.69, 9.17) is 11.7 Å². The quantitative estimate of drug-likeness (QED) is 0.238. The Hall–Kier alpha value is -2.79. The lowest BCUT2D eigenvalue weighted by molar-refractivity contribution is -0.393. The molecule has 96 valence electrons. The van der Waals surface area contributed by atoms with Gasteiger partial charge in [-0.3, -0.25) is 36.3 Å². The van der Waals surface area contributed by atoms with Crippen LogP contribution in [0.4, 0.5) is 17.1 Å². The van der Waals surface area contributed by atoms with Crippen molar-refractivity contribution in [2.75, 3.05) is 5.43 Å². The first kappa shape index (κ1) is 13.3. The highest BCUT2D eigenvalue weighted by Gasteiger charge is 2.26. The number of amides is 1. The third-order valence-corrected chi connectivity index (χ3v) is 2.03. The second-order valence-corrected chi connectivity index (χ2v) is 3.02. The fraction of sp³-hybridized carbons (Fsp3) is 0. The number of benzene rings is 1. The molecule has 0 bridgehead atoms. The monoisotopic (exact) mass is 256 g/mol. The number of hydrogen-bond donors (Lipinski definition) is 4. The highest BCUT2D eigenvalue weighted by atomic mass is 16.6. The van der Waals surface area contributed by atoms with Gasteiger partial charge in [-0.25, -0.2) is 5.84 Å². The van der Waals surface area contributed by atoms with Crippen molar-refractivity contribution < 1.29 is 14.6 Å². The van der Waals surface area contributed by atoms with Gasteiger partial charge in [-0.1, -0.05) is 0 Å². The third kappa shape index (κ3) is 2.31. The topological polar surface area (TPSA) is 179 Å². The molecule has 0 aliphatic heterocycles. The molecule has 0 fully saturated rings. The van der Waals surface area contributed by atoms with Crippen LogP contribution in [0.5, 0.6) is 0 Å². The minimum Gasteiger partial charge on any atom is -0.318 e. The van der Waals surface area contributed by atoms with Crippen LogP contribution in [0.3, 0.4) is 0 Å². The third-order valence-electron chi connectivity index (χ3n) is 2.03. The van der Waals surface area contributed by atoms with Gasteiger partial charge in [0.05, 0.1) is 21.5 Å². The van der Waals surface area contributed by atoms with Gasteiger partial charge in [0, 0.05) is 6.07 Å². The van der Waals surface area contributed by atoms with Crippen LogP contribution >= 0.6 is 0 Å². The number of carbonyl (C=O) groups is 1. The molecule has 6 N–H and O–H groups in total. The molecule has 0 heterocycles. The Morgan fingerprint density at radius 3 is 2.17 bits per heavy atom. The maximum atomic E-state index is 11.4. The van der Waals surface area contributed by atoms with E-state index in [1.807, 2.05) is 5.43 Å². The number of hydrazine groups is 2. The van der Waals surface area contributed by atoms with Crippen molar-refractivity contribution in [1.82, 2.24) is 5.43 Å². The smallest absolute Gasteiger partial charge is 0.301 e. The van der Waals surface area contributed by atoms with Crippen molar-refractivity contribution in [3.8, 4) is 0 Å². The average molecular weight is 256 g/mol. The number of hydrogen-bond acceptors (Lipinski definition) is 8. The average Bonchev–Trinajstić information content (AvgIpc) is 2.35. The fourth-order valence-electron chi connectivity index (χ4n) is 1.27. The van der Waals surface area contributed by atoms with Crippen molar-refractivity contribution in [3.05, 3.63) is 37.9 Å². The Morgan fingerprint density at radius 1 is 1.17 bits per heavy atom. The summed E-state index contributed by atoms with van der Waals surface area (Å²) < 4.78 is 0. The summed E-state index contributed by atoms with van der Waals surface area (Å²) in [7, 11) is 0. The van der Waals surface area contributed by atoms with Gasteiger partial charge in [0.1, 0.15) is 5.69 Å². The van der Waals surface area contributed by atoms with E-state index in [-0.39, 0.29) is 5.69 Å². The first-order valence-electron chi connectivity index (χ1n) is 4.36. The zero-order chi connectivity index (χ0) is 13.9. The van der Waals surface area contributed by atoms with Crippen molar-refractivity contribution in [2.24, 2.45) is 11.7 Å². The lowest BCUT2D eigenvalue weighted by Crippen LogP contribution is -2.31. The molecule has 0 atom stereocenters. The van der Waals surface area contributed by atoms with Crippen LogP contribution in [-0.4, -0.2) is 15.8 Å². The van der Waals surface area contributed by atoms with Gasteiger partial charge in [-0.2, -0.15) is 0 Å². The number of nitrogens with one attached hydrogen (secondary N) is 2. The Kier molecular flexibility index (Phi) is 3.71. The molecule has 0 saturated carbocycles. The maximum Gasteiger partial charge on any atom is 0.301 e. The zero-order valence-electron chi connectivity index (χ0n) is 8.75. The Balaban J connectivity index is 3.61. The SMILES string of the molecule is NNC(=O)c1cc([N+](=O)[O-])cc([N+](=O)[O-])c1NN. The van der Waals surface area contributed by atoms with E-state index in [0.717, 1.165) is 6.07 Å². The number of carbonyl (C=O) groups excluding carboxylic acids is 1. The van der Waals surface area contributed by atoms with Gasteiger partial charge in [-0.15, -0.1) is 0 Å². The van der Waals surface area contributed by atoms with Crippen molar-refractivity contribution in [1.29, 1.82) is 0 Å². The predicted molar refractivity (Wildman–Crippen MR) is 59.2 cm³/mol. The summed E-state index contributed by atoms with van der Waals surface area (Å²) in [6.45, 7) is 0. The standard InChI is InChI=1S/C7H8N6O5/c8-10-6-4(7(14)11-9)1-3(12(15)16)2-5(6)13(17)18/h1-2,10H,8-9H2,(H,11,14). The summed E-state index contributed by atoms with van der Waals surface area (Å²) in [5, 5.41) is 21.3. The van der Waals surface area contributed by atoms with Crippen molar-refractivity contribution >= 4 is 23.0 Å². The first-order valence-corrected chi connectivity index (χ1v) is 4.36. The van der Waals surface area contributed by atoms with E-state index in [0.29, 0.717) is 6.07 Å². The van der Waals surface area contributed by atoms with Gasteiger partial charge < -0.3 is 5.43 Å². The first-order chi connectivity index (χ1) is 8.42. The predicted octanol–water partition coefficient (Wildman–Crippen LogP) is -0.608. The minimum absolute atomic E-state index is 0.367. The molecule has 0 spiro atoms. The van der Waals surface area contributed by atoms with Crippen LogP contribution in [-0.2, 0) is 0 Å². The van der Waals surface area contributed by atoms with Crippen LogP contribution in [0.15, 0.2) is 12.1 Å². The lowest BCUT2D eigenvalue weighted by atomic mass is 10.1. The lowest BCUT2D eigenvalue weighted by Gasteiger charge is -2.07. The van der Waals surface area contributed by atoms with E-state index in [1.165, 1.54) is 0 Å². The summed E-state index contributed by atoms with van der Waals surface area (Å²) in [5.74, 6) is 8.99. The highest BCUT2D eigenvalue weighted by molar-refractivity contribution is 6.02. The van der Waals surface area contributed by atoms with E-state index in [2.05, 4.69) is 0 Å². The molecule has 1 aromatic rings. The van der Waals surface area contributed by atoms with Crippen molar-refractivity contribution in [2.45, 2.75) is 0 Å². The van der Waals surface area contributed by atoms with Crippen molar-refractivity contribution in [3.63, 3.8) is 0 Å². The number of nitrogens with two attached hydrogens (primary N) is 2. The molecule has 0 unspecified atom stereocenters. The molecule has 0 saturated heterocycles. The minimum atomic E-state index is -0.949. The van der Waals surface area contributed by atoms with Gasteiger partial charge >= 0.3 is 5.69 Å². The molecule has 11 heteroatoms. The second-order valence-electron chi connectivity index (χ2n) is 3.02. The molecule has 1 rings (SSSR count). The Labute approximate surface area is 99.0 Å². The summed E-state index contributed by atoms with van der Waals surface area (Å²) in [4.78, 5) is 30.9. The molecular weight excluding hydrogens is 248 g/mol. The summed E-state index contributed by atoms with van der Waals surface area (Å²) >= 11 is 0. The van der Waals surface area contributed by atoms with E-state index < -0.39 is 32.7 Å². The van der Waals surface area contributed by atoms with Gasteiger partial charge in [0.25, 0.3) is 11.6 Å². The summed E-state index contributed by atoms with van der Waals surface area (Å²) in [6.07, 6.45) is 0. The Bertz CT molecular complexity index is 529. The van der Waals surface area contributed by atoms with Crippen LogP contribution in [0, 0.1) is 20.2 Å². The number of anilines is 1. The van der Waals surface area contributed by atoms with E-state index in [1.54, 1.807) is 5.43 Å². The number of nitro groups is 2. The largest absolute Gasteiger partial charge is 0.318 e. The molecule has 0 aliphatic carbocycles. The molecule has 11 nitrogen and oxygen atoms in total.